The standard InChI is InChI=1S/C15H16BrN/c1-11-8-9-14(10-15(11)16)17-12(2)13-6-4-3-5-7-13/h3-10,12,17H,1-2H3. The predicted molar refractivity (Wildman–Crippen MR) is 77.4 cm³/mol. The van der Waals surface area contributed by atoms with Gasteiger partial charge in [0.15, 0.2) is 0 Å². The molecule has 0 aliphatic rings. The lowest BCUT2D eigenvalue weighted by Crippen LogP contribution is -2.06. The van der Waals surface area contributed by atoms with Crippen molar-refractivity contribution >= 4 is 21.6 Å². The minimum atomic E-state index is 0.311. The highest BCUT2D eigenvalue weighted by Crippen LogP contribution is 2.24. The van der Waals surface area contributed by atoms with Crippen LogP contribution in [0.3, 0.4) is 0 Å². The van der Waals surface area contributed by atoms with E-state index in [0.717, 1.165) is 10.2 Å². The summed E-state index contributed by atoms with van der Waals surface area (Å²) in [5, 5.41) is 3.50. The third-order valence-corrected chi connectivity index (χ3v) is 3.71. The Balaban J connectivity index is 2.13. The lowest BCUT2D eigenvalue weighted by molar-refractivity contribution is 0.884. The van der Waals surface area contributed by atoms with Crippen LogP contribution in [0, 0.1) is 6.92 Å². The molecule has 1 nitrogen and oxygen atoms in total. The summed E-state index contributed by atoms with van der Waals surface area (Å²) in [6.07, 6.45) is 0. The van der Waals surface area contributed by atoms with Gasteiger partial charge in [0.25, 0.3) is 0 Å². The highest BCUT2D eigenvalue weighted by atomic mass is 79.9. The van der Waals surface area contributed by atoms with Gasteiger partial charge in [0.1, 0.15) is 0 Å². The molecule has 0 amide bonds. The third-order valence-electron chi connectivity index (χ3n) is 2.85. The molecule has 2 heteroatoms. The maximum Gasteiger partial charge on any atom is 0.0485 e. The van der Waals surface area contributed by atoms with Gasteiger partial charge in [0.05, 0.1) is 0 Å². The molecule has 2 rings (SSSR count). The van der Waals surface area contributed by atoms with Gasteiger partial charge in [0, 0.05) is 16.2 Å². The molecule has 0 saturated heterocycles. The molecule has 17 heavy (non-hydrogen) atoms. The minimum absolute atomic E-state index is 0.311. The molecule has 88 valence electrons. The number of halogens is 1. The van der Waals surface area contributed by atoms with Gasteiger partial charge in [-0.25, -0.2) is 0 Å². The van der Waals surface area contributed by atoms with Gasteiger partial charge in [-0.15, -0.1) is 0 Å². The van der Waals surface area contributed by atoms with E-state index in [0.29, 0.717) is 6.04 Å². The summed E-state index contributed by atoms with van der Waals surface area (Å²) in [5.74, 6) is 0. The van der Waals surface area contributed by atoms with Crippen molar-refractivity contribution in [3.8, 4) is 0 Å². The van der Waals surface area contributed by atoms with E-state index in [1.165, 1.54) is 11.1 Å². The Hall–Kier alpha value is -1.28. The lowest BCUT2D eigenvalue weighted by Gasteiger charge is -2.16. The number of hydrogen-bond acceptors (Lipinski definition) is 1. The Morgan fingerprint density at radius 3 is 2.41 bits per heavy atom. The molecule has 2 aromatic carbocycles. The molecule has 0 saturated carbocycles. The van der Waals surface area contributed by atoms with Crippen LogP contribution in [0.15, 0.2) is 53.0 Å². The van der Waals surface area contributed by atoms with E-state index in [1.807, 2.05) is 6.07 Å². The van der Waals surface area contributed by atoms with E-state index >= 15 is 0 Å². The molecule has 1 atom stereocenters. The molecule has 0 aromatic heterocycles. The van der Waals surface area contributed by atoms with Gasteiger partial charge >= 0.3 is 0 Å². The van der Waals surface area contributed by atoms with Crippen LogP contribution in [0.2, 0.25) is 0 Å². The van der Waals surface area contributed by atoms with Crippen LogP contribution in [-0.4, -0.2) is 0 Å². The lowest BCUT2D eigenvalue weighted by atomic mass is 10.1. The monoisotopic (exact) mass is 289 g/mol. The second kappa shape index (κ2) is 5.37. The first-order valence-corrected chi connectivity index (χ1v) is 6.54. The van der Waals surface area contributed by atoms with E-state index in [1.54, 1.807) is 0 Å². The average molecular weight is 290 g/mol. The van der Waals surface area contributed by atoms with Crippen molar-refractivity contribution in [3.05, 3.63) is 64.1 Å². The van der Waals surface area contributed by atoms with Gasteiger partial charge in [0.2, 0.25) is 0 Å². The number of rotatable bonds is 3. The van der Waals surface area contributed by atoms with Crippen LogP contribution >= 0.6 is 15.9 Å². The summed E-state index contributed by atoms with van der Waals surface area (Å²) in [6, 6.07) is 17.1. The van der Waals surface area contributed by atoms with Crippen molar-refractivity contribution in [2.24, 2.45) is 0 Å². The topological polar surface area (TPSA) is 12.0 Å². The van der Waals surface area contributed by atoms with Crippen molar-refractivity contribution in [3.63, 3.8) is 0 Å². The quantitative estimate of drug-likeness (QED) is 0.845. The first-order valence-electron chi connectivity index (χ1n) is 5.74. The van der Waals surface area contributed by atoms with Gasteiger partial charge in [-0.1, -0.05) is 52.3 Å². The molecule has 1 unspecified atom stereocenters. The number of hydrogen-bond donors (Lipinski definition) is 1. The van der Waals surface area contributed by atoms with Crippen LogP contribution < -0.4 is 5.32 Å². The molecule has 0 spiro atoms. The fourth-order valence-electron chi connectivity index (χ4n) is 1.76. The summed E-state index contributed by atoms with van der Waals surface area (Å²) in [6.45, 7) is 4.26. The van der Waals surface area contributed by atoms with Crippen LogP contribution in [-0.2, 0) is 0 Å². The molecule has 1 N–H and O–H groups in total. The SMILES string of the molecule is Cc1ccc(NC(C)c2ccccc2)cc1Br. The number of anilines is 1. The van der Waals surface area contributed by atoms with Crippen molar-refractivity contribution in [2.45, 2.75) is 19.9 Å². The molecule has 0 bridgehead atoms. The molecule has 0 radical (unpaired) electrons. The predicted octanol–water partition coefficient (Wildman–Crippen LogP) is 4.93. The zero-order valence-electron chi connectivity index (χ0n) is 10.1. The van der Waals surface area contributed by atoms with Crippen molar-refractivity contribution < 1.29 is 0 Å². The zero-order valence-corrected chi connectivity index (χ0v) is 11.7. The Morgan fingerprint density at radius 1 is 1.06 bits per heavy atom. The molecule has 0 heterocycles. The fourth-order valence-corrected chi connectivity index (χ4v) is 2.14. The van der Waals surface area contributed by atoms with Gasteiger partial charge in [-0.05, 0) is 37.1 Å². The van der Waals surface area contributed by atoms with E-state index in [-0.39, 0.29) is 0 Å². The Morgan fingerprint density at radius 2 is 1.76 bits per heavy atom. The molecule has 0 aliphatic heterocycles. The summed E-state index contributed by atoms with van der Waals surface area (Å²) < 4.78 is 1.14. The number of benzene rings is 2. The van der Waals surface area contributed by atoms with Crippen LogP contribution in [0.25, 0.3) is 0 Å². The van der Waals surface area contributed by atoms with Crippen molar-refractivity contribution in [1.29, 1.82) is 0 Å². The zero-order chi connectivity index (χ0) is 12.3. The van der Waals surface area contributed by atoms with Gasteiger partial charge in [-0.3, -0.25) is 0 Å². The molecule has 2 aromatic rings. The van der Waals surface area contributed by atoms with Crippen LogP contribution in [0.5, 0.6) is 0 Å². The van der Waals surface area contributed by atoms with E-state index in [4.69, 9.17) is 0 Å². The Bertz CT molecular complexity index is 494. The molecular weight excluding hydrogens is 274 g/mol. The molecular formula is C15H16BrN. The Kier molecular flexibility index (Phi) is 3.85. The molecule has 0 fully saturated rings. The average Bonchev–Trinajstić information content (AvgIpc) is 2.35. The first-order chi connectivity index (χ1) is 8.16. The minimum Gasteiger partial charge on any atom is -0.378 e. The smallest absolute Gasteiger partial charge is 0.0485 e. The highest BCUT2D eigenvalue weighted by Gasteiger charge is 2.05. The first kappa shape index (κ1) is 12.2. The van der Waals surface area contributed by atoms with E-state index in [9.17, 15) is 0 Å². The van der Waals surface area contributed by atoms with Gasteiger partial charge < -0.3 is 5.32 Å². The normalized spacial score (nSPS) is 12.2. The van der Waals surface area contributed by atoms with E-state index < -0.39 is 0 Å². The van der Waals surface area contributed by atoms with Crippen LogP contribution in [0.4, 0.5) is 5.69 Å². The van der Waals surface area contributed by atoms with Crippen LogP contribution in [0.1, 0.15) is 24.1 Å². The maximum absolute atomic E-state index is 3.55. The summed E-state index contributed by atoms with van der Waals surface area (Å²) >= 11 is 3.55. The Labute approximate surface area is 111 Å². The summed E-state index contributed by atoms with van der Waals surface area (Å²) in [7, 11) is 0. The largest absolute Gasteiger partial charge is 0.378 e. The maximum atomic E-state index is 3.55. The second-order valence-corrected chi connectivity index (χ2v) is 5.10. The summed E-state index contributed by atoms with van der Waals surface area (Å²) in [4.78, 5) is 0. The number of aryl methyl sites for hydroxylation is 1. The second-order valence-electron chi connectivity index (χ2n) is 4.24. The van der Waals surface area contributed by atoms with Crippen molar-refractivity contribution in [1.82, 2.24) is 0 Å². The van der Waals surface area contributed by atoms with Crippen molar-refractivity contribution in [2.75, 3.05) is 5.32 Å². The highest BCUT2D eigenvalue weighted by molar-refractivity contribution is 9.10. The fraction of sp³-hybridized carbons (Fsp3) is 0.200. The number of nitrogens with one attached hydrogen (secondary N) is 1. The molecule has 0 aliphatic carbocycles. The van der Waals surface area contributed by atoms with E-state index in [2.05, 4.69) is 77.6 Å². The van der Waals surface area contributed by atoms with Gasteiger partial charge in [-0.2, -0.15) is 0 Å². The summed E-state index contributed by atoms with van der Waals surface area (Å²) in [5.41, 5.74) is 3.69. The third kappa shape index (κ3) is 3.10.